The zero-order valence-electron chi connectivity index (χ0n) is 10.1. The van der Waals surface area contributed by atoms with Crippen LogP contribution in [0.15, 0.2) is 30.3 Å². The van der Waals surface area contributed by atoms with Gasteiger partial charge in [0.25, 0.3) is 0 Å². The first kappa shape index (κ1) is 11.7. The lowest BCUT2D eigenvalue weighted by Gasteiger charge is -2.34. The van der Waals surface area contributed by atoms with Crippen LogP contribution in [0.2, 0.25) is 0 Å². The number of aliphatic hydroxyl groups excluding tert-OH is 1. The largest absolute Gasteiger partial charge is 0.454 e. The fourth-order valence-electron chi connectivity index (χ4n) is 2.92. The number of carbonyl (C=O) groups is 1. The van der Waals surface area contributed by atoms with Gasteiger partial charge in [-0.1, -0.05) is 18.2 Å². The Morgan fingerprint density at radius 1 is 1.28 bits per heavy atom. The van der Waals surface area contributed by atoms with E-state index < -0.39 is 12.2 Å². The van der Waals surface area contributed by atoms with Crippen molar-refractivity contribution in [1.29, 1.82) is 0 Å². The standard InChI is InChI=1S/C14H17NO3/c16-12-8-10-6-7-11(15-10)13(12)18-14(17)9-4-2-1-3-5-9/h1-5,10-13,15-16H,6-8H2/t10-,11+,12+,13+/m0/s1. The third-order valence-electron chi connectivity index (χ3n) is 3.83. The molecule has 2 aliphatic heterocycles. The first-order chi connectivity index (χ1) is 8.74. The van der Waals surface area contributed by atoms with E-state index in [0.29, 0.717) is 18.0 Å². The molecular formula is C14H17NO3. The van der Waals surface area contributed by atoms with Crippen molar-refractivity contribution < 1.29 is 14.6 Å². The zero-order chi connectivity index (χ0) is 12.5. The smallest absolute Gasteiger partial charge is 0.338 e. The van der Waals surface area contributed by atoms with E-state index >= 15 is 0 Å². The lowest BCUT2D eigenvalue weighted by molar-refractivity contribution is -0.0469. The van der Waals surface area contributed by atoms with Crippen LogP contribution in [-0.4, -0.2) is 35.4 Å². The van der Waals surface area contributed by atoms with Crippen molar-refractivity contribution in [2.45, 2.75) is 43.6 Å². The summed E-state index contributed by atoms with van der Waals surface area (Å²) in [7, 11) is 0. The van der Waals surface area contributed by atoms with E-state index in [0.717, 1.165) is 12.8 Å². The van der Waals surface area contributed by atoms with Gasteiger partial charge < -0.3 is 15.2 Å². The normalized spacial score (nSPS) is 34.3. The number of hydrogen-bond acceptors (Lipinski definition) is 4. The van der Waals surface area contributed by atoms with Crippen LogP contribution in [0.25, 0.3) is 0 Å². The van der Waals surface area contributed by atoms with E-state index in [1.807, 2.05) is 6.07 Å². The third-order valence-corrected chi connectivity index (χ3v) is 3.83. The molecule has 0 amide bonds. The molecule has 3 rings (SSSR count). The highest BCUT2D eigenvalue weighted by Crippen LogP contribution is 2.29. The summed E-state index contributed by atoms with van der Waals surface area (Å²) in [6, 6.07) is 9.40. The molecule has 4 atom stereocenters. The number of ether oxygens (including phenoxy) is 1. The molecule has 2 N–H and O–H groups in total. The molecule has 0 aliphatic carbocycles. The molecule has 2 saturated heterocycles. The van der Waals surface area contributed by atoms with Crippen LogP contribution in [0.1, 0.15) is 29.6 Å². The van der Waals surface area contributed by atoms with Crippen molar-refractivity contribution in [3.8, 4) is 0 Å². The summed E-state index contributed by atoms with van der Waals surface area (Å²) in [5, 5.41) is 13.4. The fourth-order valence-corrected chi connectivity index (χ4v) is 2.92. The molecule has 0 spiro atoms. The van der Waals surface area contributed by atoms with Gasteiger partial charge in [-0.3, -0.25) is 0 Å². The second kappa shape index (κ2) is 4.71. The first-order valence-corrected chi connectivity index (χ1v) is 6.44. The van der Waals surface area contributed by atoms with Crippen LogP contribution in [0, 0.1) is 0 Å². The molecular weight excluding hydrogens is 230 g/mol. The molecule has 0 radical (unpaired) electrons. The van der Waals surface area contributed by atoms with E-state index in [1.165, 1.54) is 0 Å². The second-order valence-electron chi connectivity index (χ2n) is 5.09. The van der Waals surface area contributed by atoms with Gasteiger partial charge in [0.1, 0.15) is 6.10 Å². The molecule has 0 unspecified atom stereocenters. The molecule has 1 aromatic carbocycles. The van der Waals surface area contributed by atoms with Gasteiger partial charge in [-0.15, -0.1) is 0 Å². The molecule has 2 aliphatic rings. The molecule has 0 aromatic heterocycles. The number of nitrogens with one attached hydrogen (secondary N) is 1. The molecule has 4 nitrogen and oxygen atoms in total. The summed E-state index contributed by atoms with van der Waals surface area (Å²) in [6.45, 7) is 0. The summed E-state index contributed by atoms with van der Waals surface area (Å²) >= 11 is 0. The lowest BCUT2D eigenvalue weighted by atomic mass is 9.99. The molecule has 2 bridgehead atoms. The summed E-state index contributed by atoms with van der Waals surface area (Å²) in [4.78, 5) is 12.0. The Morgan fingerprint density at radius 2 is 2.06 bits per heavy atom. The lowest BCUT2D eigenvalue weighted by Crippen LogP contribution is -2.53. The minimum absolute atomic E-state index is 0.103. The third kappa shape index (κ3) is 2.13. The van der Waals surface area contributed by atoms with E-state index in [9.17, 15) is 9.90 Å². The Labute approximate surface area is 106 Å². The summed E-state index contributed by atoms with van der Waals surface area (Å²) < 4.78 is 5.47. The van der Waals surface area contributed by atoms with Gasteiger partial charge in [0.05, 0.1) is 11.7 Å². The molecule has 1 aromatic rings. The Kier molecular flexibility index (Phi) is 3.06. The fraction of sp³-hybridized carbons (Fsp3) is 0.500. The molecule has 18 heavy (non-hydrogen) atoms. The van der Waals surface area contributed by atoms with E-state index in [2.05, 4.69) is 5.32 Å². The maximum absolute atomic E-state index is 12.0. The topological polar surface area (TPSA) is 58.6 Å². The van der Waals surface area contributed by atoms with Gasteiger partial charge in [0.15, 0.2) is 0 Å². The number of benzene rings is 1. The number of hydrogen-bond donors (Lipinski definition) is 2. The molecule has 2 heterocycles. The number of fused-ring (bicyclic) bond motifs is 2. The summed E-state index contributed by atoms with van der Waals surface area (Å²) in [6.07, 6.45) is 1.73. The number of esters is 1. The Bertz CT molecular complexity index is 434. The first-order valence-electron chi connectivity index (χ1n) is 6.44. The van der Waals surface area contributed by atoms with Gasteiger partial charge in [0, 0.05) is 12.1 Å². The van der Waals surface area contributed by atoms with Gasteiger partial charge >= 0.3 is 5.97 Å². The number of aliphatic hydroxyl groups is 1. The second-order valence-corrected chi connectivity index (χ2v) is 5.09. The summed E-state index contributed by atoms with van der Waals surface area (Å²) in [5.74, 6) is -0.355. The van der Waals surface area contributed by atoms with Crippen molar-refractivity contribution >= 4 is 5.97 Å². The summed E-state index contributed by atoms with van der Waals surface area (Å²) in [5.41, 5.74) is 0.532. The maximum atomic E-state index is 12.0. The van der Waals surface area contributed by atoms with Gasteiger partial charge in [-0.25, -0.2) is 4.79 Å². The SMILES string of the molecule is O=C(O[C@H]1[C@H](O)C[C@@H]2CC[C@H]1N2)c1ccccc1. The van der Waals surface area contributed by atoms with Crippen molar-refractivity contribution in [3.05, 3.63) is 35.9 Å². The zero-order valence-corrected chi connectivity index (χ0v) is 10.1. The van der Waals surface area contributed by atoms with Crippen LogP contribution in [0.3, 0.4) is 0 Å². The molecule has 0 saturated carbocycles. The number of rotatable bonds is 2. The van der Waals surface area contributed by atoms with E-state index in [4.69, 9.17) is 4.74 Å². The highest BCUT2D eigenvalue weighted by Gasteiger charge is 2.43. The molecule has 96 valence electrons. The maximum Gasteiger partial charge on any atom is 0.338 e. The van der Waals surface area contributed by atoms with Crippen molar-refractivity contribution in [3.63, 3.8) is 0 Å². The van der Waals surface area contributed by atoms with Crippen molar-refractivity contribution in [2.24, 2.45) is 0 Å². The minimum Gasteiger partial charge on any atom is -0.454 e. The average molecular weight is 247 g/mol. The highest BCUT2D eigenvalue weighted by atomic mass is 16.6. The Morgan fingerprint density at radius 3 is 2.83 bits per heavy atom. The molecule has 2 fully saturated rings. The minimum atomic E-state index is -0.545. The van der Waals surface area contributed by atoms with Gasteiger partial charge in [-0.05, 0) is 31.4 Å². The van der Waals surface area contributed by atoms with Crippen LogP contribution >= 0.6 is 0 Å². The van der Waals surface area contributed by atoms with Crippen LogP contribution in [0.5, 0.6) is 0 Å². The average Bonchev–Trinajstić information content (AvgIpc) is 2.79. The van der Waals surface area contributed by atoms with Crippen molar-refractivity contribution in [2.75, 3.05) is 0 Å². The number of piperidine rings is 1. The molecule has 4 heteroatoms. The van der Waals surface area contributed by atoms with E-state index in [1.54, 1.807) is 24.3 Å². The number of carbonyl (C=O) groups excluding carboxylic acids is 1. The Hall–Kier alpha value is -1.39. The van der Waals surface area contributed by atoms with Crippen LogP contribution in [0.4, 0.5) is 0 Å². The van der Waals surface area contributed by atoms with Gasteiger partial charge in [0.2, 0.25) is 0 Å². The van der Waals surface area contributed by atoms with Crippen LogP contribution in [-0.2, 0) is 4.74 Å². The Balaban J connectivity index is 1.70. The quantitative estimate of drug-likeness (QED) is 0.768. The predicted octanol–water partition coefficient (Wildman–Crippen LogP) is 1.10. The predicted molar refractivity (Wildman–Crippen MR) is 66.2 cm³/mol. The van der Waals surface area contributed by atoms with Crippen molar-refractivity contribution in [1.82, 2.24) is 5.32 Å². The van der Waals surface area contributed by atoms with E-state index in [-0.39, 0.29) is 12.0 Å². The van der Waals surface area contributed by atoms with Crippen LogP contribution < -0.4 is 5.32 Å². The highest BCUT2D eigenvalue weighted by molar-refractivity contribution is 5.89. The van der Waals surface area contributed by atoms with Gasteiger partial charge in [-0.2, -0.15) is 0 Å². The monoisotopic (exact) mass is 247 g/mol.